The molecule has 0 radical (unpaired) electrons. The van der Waals surface area contributed by atoms with Gasteiger partial charge in [-0.2, -0.15) is 0 Å². The van der Waals surface area contributed by atoms with Crippen LogP contribution < -0.4 is 4.74 Å². The van der Waals surface area contributed by atoms with Gasteiger partial charge < -0.3 is 9.84 Å². The fourth-order valence-electron chi connectivity index (χ4n) is 2.60. The summed E-state index contributed by atoms with van der Waals surface area (Å²) < 4.78 is 5.84. The molecule has 0 aromatic heterocycles. The van der Waals surface area contributed by atoms with Gasteiger partial charge in [-0.15, -0.1) is 0 Å². The maximum absolute atomic E-state index is 10.3. The standard InChI is InChI=1S/C20H26O2/c1-5-15(4)17-7-9-19(10-8-17)22-13-18-12-14(3)11-16(6-2)20(18)21/h7-12,15,21H,5-6,13H2,1-4H3. The molecular weight excluding hydrogens is 272 g/mol. The smallest absolute Gasteiger partial charge is 0.125 e. The van der Waals surface area contributed by atoms with Crippen LogP contribution in [0.3, 0.4) is 0 Å². The zero-order chi connectivity index (χ0) is 16.1. The average molecular weight is 298 g/mol. The van der Waals surface area contributed by atoms with Gasteiger partial charge in [-0.25, -0.2) is 0 Å². The molecule has 0 heterocycles. The van der Waals surface area contributed by atoms with Crippen LogP contribution in [0.2, 0.25) is 0 Å². The summed E-state index contributed by atoms with van der Waals surface area (Å²) in [4.78, 5) is 0. The Balaban J connectivity index is 2.08. The molecule has 2 heteroatoms. The number of aryl methyl sites for hydroxylation is 2. The number of phenols is 1. The van der Waals surface area contributed by atoms with Crippen molar-refractivity contribution in [3.05, 3.63) is 58.7 Å². The minimum absolute atomic E-state index is 0.365. The van der Waals surface area contributed by atoms with Gasteiger partial charge in [0.2, 0.25) is 0 Å². The highest BCUT2D eigenvalue weighted by Gasteiger charge is 2.09. The predicted molar refractivity (Wildman–Crippen MR) is 91.7 cm³/mol. The second-order valence-electron chi connectivity index (χ2n) is 5.95. The van der Waals surface area contributed by atoms with E-state index < -0.39 is 0 Å². The fraction of sp³-hybridized carbons (Fsp3) is 0.400. The van der Waals surface area contributed by atoms with E-state index in [1.165, 1.54) is 5.56 Å². The largest absolute Gasteiger partial charge is 0.507 e. The molecule has 2 nitrogen and oxygen atoms in total. The molecule has 2 aromatic rings. The molecule has 0 spiro atoms. The molecule has 118 valence electrons. The third-order valence-corrected chi connectivity index (χ3v) is 4.25. The summed E-state index contributed by atoms with van der Waals surface area (Å²) in [6.45, 7) is 8.91. The highest BCUT2D eigenvalue weighted by atomic mass is 16.5. The summed E-state index contributed by atoms with van der Waals surface area (Å²) in [5, 5.41) is 10.3. The lowest BCUT2D eigenvalue weighted by atomic mass is 9.99. The van der Waals surface area contributed by atoms with Gasteiger partial charge in [-0.05, 0) is 55.0 Å². The Morgan fingerprint density at radius 3 is 2.27 bits per heavy atom. The number of rotatable bonds is 6. The van der Waals surface area contributed by atoms with Crippen LogP contribution in [0.5, 0.6) is 11.5 Å². The van der Waals surface area contributed by atoms with Crippen LogP contribution in [0.25, 0.3) is 0 Å². The van der Waals surface area contributed by atoms with Gasteiger partial charge in [0.1, 0.15) is 18.1 Å². The SMILES string of the molecule is CCc1cc(C)cc(COc2ccc(C(C)CC)cc2)c1O. The van der Waals surface area contributed by atoms with E-state index in [0.717, 1.165) is 35.3 Å². The first-order valence-electron chi connectivity index (χ1n) is 8.09. The molecule has 22 heavy (non-hydrogen) atoms. The van der Waals surface area contributed by atoms with Crippen LogP contribution >= 0.6 is 0 Å². The summed E-state index contributed by atoms with van der Waals surface area (Å²) in [6, 6.07) is 12.3. The van der Waals surface area contributed by atoms with Crippen LogP contribution in [0.1, 0.15) is 55.4 Å². The molecule has 1 N–H and O–H groups in total. The molecule has 0 aliphatic carbocycles. The maximum atomic E-state index is 10.3. The summed E-state index contributed by atoms with van der Waals surface area (Å²) in [7, 11) is 0. The third-order valence-electron chi connectivity index (χ3n) is 4.25. The summed E-state index contributed by atoms with van der Waals surface area (Å²) in [5.41, 5.74) is 4.32. The Labute approximate surface area is 133 Å². The minimum Gasteiger partial charge on any atom is -0.507 e. The van der Waals surface area contributed by atoms with Crippen LogP contribution in [-0.2, 0) is 13.0 Å². The first-order chi connectivity index (χ1) is 10.5. The lowest BCUT2D eigenvalue weighted by Crippen LogP contribution is -1.99. The highest BCUT2D eigenvalue weighted by molar-refractivity contribution is 5.43. The number of aromatic hydroxyl groups is 1. The molecule has 0 saturated heterocycles. The second kappa shape index (κ2) is 7.35. The normalized spacial score (nSPS) is 12.2. The van der Waals surface area contributed by atoms with Crippen LogP contribution in [0.4, 0.5) is 0 Å². The van der Waals surface area contributed by atoms with E-state index in [-0.39, 0.29) is 0 Å². The lowest BCUT2D eigenvalue weighted by molar-refractivity contribution is 0.298. The molecular formula is C20H26O2. The molecule has 2 aromatic carbocycles. The van der Waals surface area contributed by atoms with E-state index >= 15 is 0 Å². The van der Waals surface area contributed by atoms with Crippen molar-refractivity contribution in [2.75, 3.05) is 0 Å². The van der Waals surface area contributed by atoms with E-state index in [4.69, 9.17) is 4.74 Å². The topological polar surface area (TPSA) is 29.5 Å². The number of phenolic OH excluding ortho intramolecular Hbond substituents is 1. The molecule has 2 rings (SSSR count). The molecule has 0 fully saturated rings. The Kier molecular flexibility index (Phi) is 5.48. The van der Waals surface area contributed by atoms with Gasteiger partial charge in [0.15, 0.2) is 0 Å². The molecule has 1 atom stereocenters. The number of benzene rings is 2. The molecule has 0 bridgehead atoms. The van der Waals surface area contributed by atoms with Gasteiger partial charge >= 0.3 is 0 Å². The molecule has 0 amide bonds. The average Bonchev–Trinajstić information content (AvgIpc) is 2.55. The fourth-order valence-corrected chi connectivity index (χ4v) is 2.60. The zero-order valence-electron chi connectivity index (χ0n) is 14.0. The Bertz CT molecular complexity index is 614. The van der Waals surface area contributed by atoms with E-state index in [1.807, 2.05) is 38.1 Å². The van der Waals surface area contributed by atoms with Crippen LogP contribution in [0.15, 0.2) is 36.4 Å². The van der Waals surface area contributed by atoms with E-state index in [9.17, 15) is 5.11 Å². The van der Waals surface area contributed by atoms with Crippen LogP contribution in [0, 0.1) is 6.92 Å². The van der Waals surface area contributed by atoms with E-state index in [2.05, 4.69) is 26.0 Å². The monoisotopic (exact) mass is 298 g/mol. The maximum Gasteiger partial charge on any atom is 0.125 e. The second-order valence-corrected chi connectivity index (χ2v) is 5.95. The van der Waals surface area contributed by atoms with Crippen molar-refractivity contribution < 1.29 is 9.84 Å². The Hall–Kier alpha value is -1.96. The third kappa shape index (κ3) is 3.82. The summed E-state index contributed by atoms with van der Waals surface area (Å²) in [6.07, 6.45) is 1.96. The van der Waals surface area contributed by atoms with Crippen LogP contribution in [-0.4, -0.2) is 5.11 Å². The quantitative estimate of drug-likeness (QED) is 0.778. The Morgan fingerprint density at radius 1 is 1.05 bits per heavy atom. The van der Waals surface area contributed by atoms with Crippen molar-refractivity contribution in [3.63, 3.8) is 0 Å². The highest BCUT2D eigenvalue weighted by Crippen LogP contribution is 2.27. The molecule has 0 aliphatic heterocycles. The molecule has 1 unspecified atom stereocenters. The minimum atomic E-state index is 0.365. The lowest BCUT2D eigenvalue weighted by Gasteiger charge is -2.13. The first kappa shape index (κ1) is 16.4. The Morgan fingerprint density at radius 2 is 1.68 bits per heavy atom. The number of ether oxygens (including phenoxy) is 1. The summed E-state index contributed by atoms with van der Waals surface area (Å²) in [5.74, 6) is 1.78. The van der Waals surface area contributed by atoms with E-state index in [0.29, 0.717) is 18.3 Å². The molecule has 0 aliphatic rings. The first-order valence-corrected chi connectivity index (χ1v) is 8.09. The van der Waals surface area contributed by atoms with E-state index in [1.54, 1.807) is 0 Å². The van der Waals surface area contributed by atoms with Crippen molar-refractivity contribution in [3.8, 4) is 11.5 Å². The van der Waals surface area contributed by atoms with Gasteiger partial charge in [0.05, 0.1) is 0 Å². The predicted octanol–water partition coefficient (Wildman–Crippen LogP) is 5.36. The van der Waals surface area contributed by atoms with Crippen molar-refractivity contribution in [2.24, 2.45) is 0 Å². The molecule has 0 saturated carbocycles. The van der Waals surface area contributed by atoms with Crippen molar-refractivity contribution in [1.29, 1.82) is 0 Å². The van der Waals surface area contributed by atoms with Crippen molar-refractivity contribution in [2.45, 2.75) is 53.1 Å². The van der Waals surface area contributed by atoms with Gasteiger partial charge in [-0.1, -0.05) is 44.5 Å². The van der Waals surface area contributed by atoms with Gasteiger partial charge in [-0.3, -0.25) is 0 Å². The number of hydrogen-bond acceptors (Lipinski definition) is 2. The van der Waals surface area contributed by atoms with Crippen molar-refractivity contribution in [1.82, 2.24) is 0 Å². The summed E-state index contributed by atoms with van der Waals surface area (Å²) >= 11 is 0. The number of hydrogen-bond donors (Lipinski definition) is 1. The zero-order valence-corrected chi connectivity index (χ0v) is 14.0. The van der Waals surface area contributed by atoms with Gasteiger partial charge in [0, 0.05) is 5.56 Å². The van der Waals surface area contributed by atoms with Gasteiger partial charge in [0.25, 0.3) is 0 Å². The van der Waals surface area contributed by atoms with Crippen molar-refractivity contribution >= 4 is 0 Å².